The first-order chi connectivity index (χ1) is 7.04. The van der Waals surface area contributed by atoms with E-state index in [4.69, 9.17) is 9.11 Å². The van der Waals surface area contributed by atoms with E-state index < -0.39 is 32.5 Å². The topological polar surface area (TPSA) is 91.7 Å². The molecular formula is C8H8O5S2. The Kier molecular flexibility index (Phi) is 4.28. The van der Waals surface area contributed by atoms with Crippen LogP contribution in [0, 0.1) is 0 Å². The van der Waals surface area contributed by atoms with Crippen molar-refractivity contribution in [2.75, 3.05) is 0 Å². The molecule has 0 saturated carbocycles. The van der Waals surface area contributed by atoms with E-state index in [2.05, 4.69) is 0 Å². The molecular weight excluding hydrogens is 240 g/mol. The van der Waals surface area contributed by atoms with E-state index in [-0.39, 0.29) is 5.56 Å². The van der Waals surface area contributed by atoms with E-state index in [1.165, 1.54) is 12.1 Å². The van der Waals surface area contributed by atoms with Crippen molar-refractivity contribution in [3.8, 4) is 0 Å². The molecule has 7 heteroatoms. The van der Waals surface area contributed by atoms with E-state index in [1.54, 1.807) is 18.2 Å². The molecule has 0 aliphatic carbocycles. The molecule has 82 valence electrons. The highest BCUT2D eigenvalue weighted by molar-refractivity contribution is 7.99. The number of carbonyl (C=O) groups is 1. The summed E-state index contributed by atoms with van der Waals surface area (Å²) in [6.07, 6.45) is 0. The lowest BCUT2D eigenvalue weighted by atomic mass is 10.1. The summed E-state index contributed by atoms with van der Waals surface area (Å²) < 4.78 is 37.0. The summed E-state index contributed by atoms with van der Waals surface area (Å²) in [5.41, 5.74) is 0.132. The predicted octanol–water partition coefficient (Wildman–Crippen LogP) is 0.639. The van der Waals surface area contributed by atoms with Crippen LogP contribution in [0.2, 0.25) is 0 Å². The second-order valence-corrected chi connectivity index (χ2v) is 4.96. The molecule has 0 amide bonds. The van der Waals surface area contributed by atoms with Crippen LogP contribution in [-0.4, -0.2) is 27.9 Å². The minimum atomic E-state index is -2.66. The van der Waals surface area contributed by atoms with Crippen LogP contribution < -0.4 is 0 Å². The summed E-state index contributed by atoms with van der Waals surface area (Å²) in [4.78, 5) is 11.5. The minimum absolute atomic E-state index is 0.132. The largest absolute Gasteiger partial charge is 0.305 e. The van der Waals surface area contributed by atoms with Gasteiger partial charge in [-0.2, -0.15) is 0 Å². The summed E-state index contributed by atoms with van der Waals surface area (Å²) in [5, 5.41) is 0. The maximum Gasteiger partial charge on any atom is 0.223 e. The molecule has 0 bridgehead atoms. The van der Waals surface area contributed by atoms with Crippen molar-refractivity contribution < 1.29 is 22.3 Å². The van der Waals surface area contributed by atoms with E-state index in [0.717, 1.165) is 0 Å². The van der Waals surface area contributed by atoms with Gasteiger partial charge in [-0.05, 0) is 0 Å². The van der Waals surface area contributed by atoms with Crippen LogP contribution in [-0.2, 0) is 22.2 Å². The third-order valence-corrected chi connectivity index (χ3v) is 3.79. The maximum absolute atomic E-state index is 11.5. The van der Waals surface area contributed by atoms with Gasteiger partial charge in [0.05, 0.1) is 0 Å². The highest BCUT2D eigenvalue weighted by atomic mass is 32.3. The average Bonchev–Trinajstić information content (AvgIpc) is 2.18. The Balaban J connectivity index is 3.02. The van der Waals surface area contributed by atoms with Gasteiger partial charge in [0.2, 0.25) is 4.58 Å². The van der Waals surface area contributed by atoms with E-state index in [0.29, 0.717) is 0 Å². The van der Waals surface area contributed by atoms with Crippen molar-refractivity contribution in [3.05, 3.63) is 35.9 Å². The number of Topliss-reactive ketones (excluding diaryl/α,β-unsaturated/α-hetero) is 1. The Morgan fingerprint density at radius 1 is 1.07 bits per heavy atom. The first-order valence-corrected chi connectivity index (χ1v) is 6.16. The fraction of sp³-hybridized carbons (Fsp3) is 0.125. The molecule has 1 aromatic rings. The van der Waals surface area contributed by atoms with Gasteiger partial charge in [-0.3, -0.25) is 4.79 Å². The quantitative estimate of drug-likeness (QED) is 0.602. The van der Waals surface area contributed by atoms with E-state index in [9.17, 15) is 13.2 Å². The number of rotatable bonds is 4. The van der Waals surface area contributed by atoms with Crippen molar-refractivity contribution in [2.45, 2.75) is 4.58 Å². The summed E-state index contributed by atoms with van der Waals surface area (Å²) in [7, 11) is 0. The smallest absolute Gasteiger partial charge is 0.223 e. The van der Waals surface area contributed by atoms with Gasteiger partial charge in [0.1, 0.15) is 0 Å². The first kappa shape index (κ1) is 12.2. The molecule has 0 aliphatic heterocycles. The number of benzene rings is 1. The second kappa shape index (κ2) is 5.26. The van der Waals surface area contributed by atoms with Gasteiger partial charge in [0, 0.05) is 5.56 Å². The van der Waals surface area contributed by atoms with Crippen LogP contribution in [0.1, 0.15) is 10.4 Å². The Morgan fingerprint density at radius 2 is 1.53 bits per heavy atom. The molecule has 2 N–H and O–H groups in total. The lowest BCUT2D eigenvalue weighted by Gasteiger charge is -2.07. The van der Waals surface area contributed by atoms with Crippen LogP contribution in [0.25, 0.3) is 0 Å². The highest BCUT2D eigenvalue weighted by Crippen LogP contribution is 2.09. The van der Waals surface area contributed by atoms with Gasteiger partial charge in [-0.1, -0.05) is 30.3 Å². The summed E-state index contributed by atoms with van der Waals surface area (Å²) in [6, 6.07) is 7.61. The SMILES string of the molecule is O=C(c1ccccc1)C(S(=O)O)S(=O)O. The zero-order chi connectivity index (χ0) is 11.4. The lowest BCUT2D eigenvalue weighted by Crippen LogP contribution is -2.30. The normalized spacial score (nSPS) is 16.7. The molecule has 2 unspecified atom stereocenters. The number of carbonyl (C=O) groups excluding carboxylic acids is 1. The molecule has 0 radical (unpaired) electrons. The molecule has 0 aromatic heterocycles. The van der Waals surface area contributed by atoms with Crippen molar-refractivity contribution in [1.82, 2.24) is 0 Å². The maximum atomic E-state index is 11.5. The molecule has 0 saturated heterocycles. The second-order valence-electron chi connectivity index (χ2n) is 2.61. The molecule has 5 nitrogen and oxygen atoms in total. The molecule has 1 rings (SSSR count). The Labute approximate surface area is 91.1 Å². The fourth-order valence-corrected chi connectivity index (χ4v) is 2.19. The number of ketones is 1. The molecule has 1 aromatic carbocycles. The van der Waals surface area contributed by atoms with Gasteiger partial charge in [0.25, 0.3) is 0 Å². The van der Waals surface area contributed by atoms with Crippen molar-refractivity contribution in [3.63, 3.8) is 0 Å². The monoisotopic (exact) mass is 248 g/mol. The van der Waals surface area contributed by atoms with Gasteiger partial charge in [0.15, 0.2) is 27.9 Å². The molecule has 0 aliphatic rings. The first-order valence-electron chi connectivity index (χ1n) is 3.82. The van der Waals surface area contributed by atoms with Gasteiger partial charge < -0.3 is 9.11 Å². The van der Waals surface area contributed by atoms with Crippen LogP contribution in [0.3, 0.4) is 0 Å². The van der Waals surface area contributed by atoms with Crippen molar-refractivity contribution >= 4 is 27.9 Å². The standard InChI is InChI=1S/C8H8O5S2/c9-7(6-4-2-1-3-5-6)8(14(10)11)15(12)13/h1-5,8H,(H,10,11)(H,12,13). The van der Waals surface area contributed by atoms with Crippen LogP contribution in [0.4, 0.5) is 0 Å². The molecule has 0 heterocycles. The molecule has 0 fully saturated rings. The van der Waals surface area contributed by atoms with Gasteiger partial charge in [-0.15, -0.1) is 0 Å². The third-order valence-electron chi connectivity index (χ3n) is 1.64. The van der Waals surface area contributed by atoms with Crippen molar-refractivity contribution in [1.29, 1.82) is 0 Å². The van der Waals surface area contributed by atoms with Crippen LogP contribution in [0.5, 0.6) is 0 Å². The minimum Gasteiger partial charge on any atom is -0.305 e. The summed E-state index contributed by atoms with van der Waals surface area (Å²) in [5.74, 6) is -0.822. The zero-order valence-corrected chi connectivity index (χ0v) is 9.03. The zero-order valence-electron chi connectivity index (χ0n) is 7.40. The van der Waals surface area contributed by atoms with Gasteiger partial charge >= 0.3 is 0 Å². The lowest BCUT2D eigenvalue weighted by molar-refractivity contribution is 0.101. The Hall–Kier alpha value is -0.890. The van der Waals surface area contributed by atoms with E-state index >= 15 is 0 Å². The van der Waals surface area contributed by atoms with Gasteiger partial charge in [-0.25, -0.2) is 8.42 Å². The van der Waals surface area contributed by atoms with Crippen LogP contribution in [0.15, 0.2) is 30.3 Å². The highest BCUT2D eigenvalue weighted by Gasteiger charge is 2.31. The molecule has 0 spiro atoms. The number of hydrogen-bond donors (Lipinski definition) is 2. The van der Waals surface area contributed by atoms with Crippen molar-refractivity contribution in [2.24, 2.45) is 0 Å². The predicted molar refractivity (Wildman–Crippen MR) is 56.1 cm³/mol. The van der Waals surface area contributed by atoms with E-state index in [1.807, 2.05) is 0 Å². The summed E-state index contributed by atoms with van der Waals surface area (Å²) in [6.45, 7) is 0. The number of hydrogen-bond acceptors (Lipinski definition) is 3. The van der Waals surface area contributed by atoms with Crippen LogP contribution >= 0.6 is 0 Å². The average molecular weight is 248 g/mol. The summed E-state index contributed by atoms with van der Waals surface area (Å²) >= 11 is -5.33. The molecule has 15 heavy (non-hydrogen) atoms. The Morgan fingerprint density at radius 3 is 1.93 bits per heavy atom. The fourth-order valence-electron chi connectivity index (χ4n) is 0.992. The Bertz CT molecular complexity index is 389. The molecule has 2 atom stereocenters. The third kappa shape index (κ3) is 3.03.